The number of carboxylic acid groups (broad SMARTS) is 1. The van der Waals surface area contributed by atoms with Crippen molar-refractivity contribution >= 4 is 17.6 Å². The molecule has 0 unspecified atom stereocenters. The average Bonchev–Trinajstić information content (AvgIpc) is 2.16. The minimum Gasteiger partial charge on any atom is -0.506 e. The SMILES string of the molecule is O=C(O)CC1(c2ccc(O)c(Cl)c2)CCC1. The number of benzene rings is 1. The van der Waals surface area contributed by atoms with Crippen LogP contribution in [-0.2, 0) is 10.2 Å². The number of carbonyl (C=O) groups is 1. The predicted octanol–water partition coefficient (Wildman–Crippen LogP) is 2.94. The summed E-state index contributed by atoms with van der Waals surface area (Å²) in [6.45, 7) is 0. The van der Waals surface area contributed by atoms with Gasteiger partial charge in [-0.25, -0.2) is 0 Å². The summed E-state index contributed by atoms with van der Waals surface area (Å²) >= 11 is 5.84. The van der Waals surface area contributed by atoms with Crippen LogP contribution in [0.2, 0.25) is 5.02 Å². The number of halogens is 1. The van der Waals surface area contributed by atoms with Crippen molar-refractivity contribution in [3.63, 3.8) is 0 Å². The summed E-state index contributed by atoms with van der Waals surface area (Å²) in [5.74, 6) is -0.751. The van der Waals surface area contributed by atoms with Crippen LogP contribution < -0.4 is 0 Å². The second kappa shape index (κ2) is 3.98. The van der Waals surface area contributed by atoms with Crippen LogP contribution in [0.25, 0.3) is 0 Å². The van der Waals surface area contributed by atoms with Crippen molar-refractivity contribution in [1.29, 1.82) is 0 Å². The third kappa shape index (κ3) is 1.87. The minimum atomic E-state index is -0.788. The van der Waals surface area contributed by atoms with Crippen molar-refractivity contribution in [3.05, 3.63) is 28.8 Å². The van der Waals surface area contributed by atoms with Crippen molar-refractivity contribution in [2.24, 2.45) is 0 Å². The first kappa shape index (κ1) is 11.3. The van der Waals surface area contributed by atoms with Gasteiger partial charge in [0.1, 0.15) is 5.75 Å². The first-order chi connectivity index (χ1) is 7.53. The molecule has 0 aromatic heterocycles. The van der Waals surface area contributed by atoms with Crippen LogP contribution in [0.5, 0.6) is 5.75 Å². The molecule has 1 aliphatic rings. The number of hydrogen-bond donors (Lipinski definition) is 2. The molecular formula is C12H13ClO3. The predicted molar refractivity (Wildman–Crippen MR) is 60.9 cm³/mol. The van der Waals surface area contributed by atoms with Gasteiger partial charge in [0.05, 0.1) is 11.4 Å². The van der Waals surface area contributed by atoms with Crippen LogP contribution in [0.3, 0.4) is 0 Å². The van der Waals surface area contributed by atoms with Crippen molar-refractivity contribution in [1.82, 2.24) is 0 Å². The fourth-order valence-corrected chi connectivity index (χ4v) is 2.48. The summed E-state index contributed by atoms with van der Waals surface area (Å²) in [7, 11) is 0. The Morgan fingerprint density at radius 2 is 2.12 bits per heavy atom. The van der Waals surface area contributed by atoms with E-state index in [1.807, 2.05) is 0 Å². The van der Waals surface area contributed by atoms with Gasteiger partial charge in [-0.1, -0.05) is 24.1 Å². The standard InChI is InChI=1S/C12H13ClO3/c13-9-6-8(2-3-10(9)14)12(4-1-5-12)7-11(15)16/h2-3,6,14H,1,4-5,7H2,(H,15,16). The molecule has 4 heteroatoms. The average molecular weight is 241 g/mol. The van der Waals surface area contributed by atoms with E-state index in [2.05, 4.69) is 0 Å². The molecule has 1 saturated carbocycles. The highest BCUT2D eigenvalue weighted by Crippen LogP contribution is 2.47. The second-order valence-corrected chi connectivity index (χ2v) is 4.78. The van der Waals surface area contributed by atoms with E-state index in [4.69, 9.17) is 16.7 Å². The fraction of sp³-hybridized carbons (Fsp3) is 0.417. The number of phenolic OH excluding ortho intramolecular Hbond substituents is 1. The van der Waals surface area contributed by atoms with Gasteiger partial charge in [-0.15, -0.1) is 0 Å². The second-order valence-electron chi connectivity index (χ2n) is 4.37. The summed E-state index contributed by atoms with van der Waals surface area (Å²) in [5.41, 5.74) is 0.646. The molecule has 1 aromatic carbocycles. The molecule has 1 aliphatic carbocycles. The van der Waals surface area contributed by atoms with Gasteiger partial charge in [0.2, 0.25) is 0 Å². The molecule has 0 atom stereocenters. The Morgan fingerprint density at radius 1 is 1.44 bits per heavy atom. The van der Waals surface area contributed by atoms with Gasteiger partial charge in [0.15, 0.2) is 0 Å². The van der Waals surface area contributed by atoms with Crippen LogP contribution in [0, 0.1) is 0 Å². The summed E-state index contributed by atoms with van der Waals surface area (Å²) < 4.78 is 0. The van der Waals surface area contributed by atoms with E-state index in [1.165, 1.54) is 6.07 Å². The Balaban J connectivity index is 2.33. The normalized spacial score (nSPS) is 17.8. The van der Waals surface area contributed by atoms with E-state index in [0.717, 1.165) is 24.8 Å². The van der Waals surface area contributed by atoms with E-state index in [9.17, 15) is 9.90 Å². The maximum atomic E-state index is 10.9. The lowest BCUT2D eigenvalue weighted by Gasteiger charge is -2.41. The van der Waals surface area contributed by atoms with E-state index in [-0.39, 0.29) is 22.6 Å². The Morgan fingerprint density at radius 3 is 2.56 bits per heavy atom. The lowest BCUT2D eigenvalue weighted by atomic mass is 9.62. The molecule has 0 heterocycles. The van der Waals surface area contributed by atoms with Crippen LogP contribution in [-0.4, -0.2) is 16.2 Å². The van der Waals surface area contributed by atoms with Crippen molar-refractivity contribution < 1.29 is 15.0 Å². The topological polar surface area (TPSA) is 57.5 Å². The zero-order valence-electron chi connectivity index (χ0n) is 8.74. The van der Waals surface area contributed by atoms with Crippen LogP contribution >= 0.6 is 11.6 Å². The van der Waals surface area contributed by atoms with E-state index < -0.39 is 5.97 Å². The highest BCUT2D eigenvalue weighted by atomic mass is 35.5. The number of hydrogen-bond acceptors (Lipinski definition) is 2. The molecule has 1 aromatic rings. The van der Waals surface area contributed by atoms with Crippen molar-refractivity contribution in [3.8, 4) is 5.75 Å². The third-order valence-corrected chi connectivity index (χ3v) is 3.66. The monoisotopic (exact) mass is 240 g/mol. The first-order valence-electron chi connectivity index (χ1n) is 5.24. The van der Waals surface area contributed by atoms with Crippen LogP contribution in [0.15, 0.2) is 18.2 Å². The molecule has 1 fully saturated rings. The van der Waals surface area contributed by atoms with Gasteiger partial charge in [-0.05, 0) is 30.5 Å². The first-order valence-corrected chi connectivity index (χ1v) is 5.62. The number of aromatic hydroxyl groups is 1. The molecule has 2 rings (SSSR count). The summed E-state index contributed by atoms with van der Waals surface area (Å²) in [6, 6.07) is 4.97. The lowest BCUT2D eigenvalue weighted by Crippen LogP contribution is -2.36. The van der Waals surface area contributed by atoms with Gasteiger partial charge < -0.3 is 10.2 Å². The minimum absolute atomic E-state index is 0.0372. The molecule has 2 N–H and O–H groups in total. The Labute approximate surface area is 98.7 Å². The number of carboxylic acids is 1. The molecule has 0 amide bonds. The van der Waals surface area contributed by atoms with Crippen LogP contribution in [0.1, 0.15) is 31.2 Å². The number of rotatable bonds is 3. The molecule has 16 heavy (non-hydrogen) atoms. The molecule has 0 saturated heterocycles. The van der Waals surface area contributed by atoms with Gasteiger partial charge in [-0.2, -0.15) is 0 Å². The maximum Gasteiger partial charge on any atom is 0.304 e. The Bertz CT molecular complexity index is 424. The van der Waals surface area contributed by atoms with Crippen molar-refractivity contribution in [2.75, 3.05) is 0 Å². The van der Waals surface area contributed by atoms with Crippen molar-refractivity contribution in [2.45, 2.75) is 31.1 Å². The van der Waals surface area contributed by atoms with Gasteiger partial charge in [0, 0.05) is 5.41 Å². The third-order valence-electron chi connectivity index (χ3n) is 3.36. The summed E-state index contributed by atoms with van der Waals surface area (Å²) in [5, 5.41) is 18.5. The quantitative estimate of drug-likeness (QED) is 0.854. The highest BCUT2D eigenvalue weighted by molar-refractivity contribution is 6.32. The van der Waals surface area contributed by atoms with Gasteiger partial charge in [-0.3, -0.25) is 4.79 Å². The summed E-state index contributed by atoms with van der Waals surface area (Å²) in [4.78, 5) is 10.9. The molecule has 3 nitrogen and oxygen atoms in total. The number of aliphatic carboxylic acids is 1. The van der Waals surface area contributed by atoms with Gasteiger partial charge in [0.25, 0.3) is 0 Å². The van der Waals surface area contributed by atoms with Crippen LogP contribution in [0.4, 0.5) is 0 Å². The zero-order chi connectivity index (χ0) is 11.8. The zero-order valence-corrected chi connectivity index (χ0v) is 9.50. The molecular weight excluding hydrogens is 228 g/mol. The largest absolute Gasteiger partial charge is 0.506 e. The molecule has 0 radical (unpaired) electrons. The van der Waals surface area contributed by atoms with E-state index >= 15 is 0 Å². The molecule has 0 spiro atoms. The fourth-order valence-electron chi connectivity index (χ4n) is 2.30. The molecule has 0 bridgehead atoms. The van der Waals surface area contributed by atoms with Gasteiger partial charge >= 0.3 is 5.97 Å². The Hall–Kier alpha value is -1.22. The smallest absolute Gasteiger partial charge is 0.304 e. The summed E-state index contributed by atoms with van der Waals surface area (Å²) in [6.07, 6.45) is 2.93. The van der Waals surface area contributed by atoms with E-state index in [0.29, 0.717) is 0 Å². The highest BCUT2D eigenvalue weighted by Gasteiger charge is 2.40. The molecule has 0 aliphatic heterocycles. The number of phenols is 1. The molecule has 86 valence electrons. The van der Waals surface area contributed by atoms with E-state index in [1.54, 1.807) is 12.1 Å². The maximum absolute atomic E-state index is 10.9. The Kier molecular flexibility index (Phi) is 2.80. The lowest BCUT2D eigenvalue weighted by molar-refractivity contribution is -0.139.